The van der Waals surface area contributed by atoms with E-state index < -0.39 is 11.5 Å². The van der Waals surface area contributed by atoms with Crippen molar-refractivity contribution in [1.82, 2.24) is 9.88 Å². The van der Waals surface area contributed by atoms with Crippen LogP contribution in [0.3, 0.4) is 0 Å². The van der Waals surface area contributed by atoms with E-state index in [1.165, 1.54) is 0 Å². The van der Waals surface area contributed by atoms with Gasteiger partial charge in [-0.3, -0.25) is 14.7 Å². The molecule has 0 aliphatic carbocycles. The van der Waals surface area contributed by atoms with Crippen molar-refractivity contribution in [3.63, 3.8) is 0 Å². The third kappa shape index (κ3) is 2.06. The molecule has 1 N–H and O–H groups in total. The summed E-state index contributed by atoms with van der Waals surface area (Å²) in [6, 6.07) is 10.0. The topological polar surface area (TPSA) is 53.4 Å². The monoisotopic (exact) mass is 270 g/mol. The first-order valence-corrected chi connectivity index (χ1v) is 6.92. The number of benzene rings is 1. The molecule has 0 amide bonds. The number of hydrogen-bond acceptors (Lipinski definition) is 3. The minimum atomic E-state index is -0.753. The van der Waals surface area contributed by atoms with Crippen LogP contribution >= 0.6 is 0 Å². The van der Waals surface area contributed by atoms with Crippen molar-refractivity contribution in [2.45, 2.75) is 31.8 Å². The van der Waals surface area contributed by atoms with Crippen LogP contribution in [0.5, 0.6) is 0 Å². The molecule has 0 saturated carbocycles. The molecule has 104 valence electrons. The highest BCUT2D eigenvalue weighted by Crippen LogP contribution is 2.31. The van der Waals surface area contributed by atoms with Crippen molar-refractivity contribution in [2.75, 3.05) is 6.54 Å². The predicted octanol–water partition coefficient (Wildman–Crippen LogP) is 2.67. The summed E-state index contributed by atoms with van der Waals surface area (Å²) in [5.74, 6) is -0.733. The Morgan fingerprint density at radius 1 is 1.40 bits per heavy atom. The van der Waals surface area contributed by atoms with Gasteiger partial charge in [-0.05, 0) is 37.9 Å². The molecule has 3 rings (SSSR count). The molecule has 1 aromatic heterocycles. The highest BCUT2D eigenvalue weighted by molar-refractivity contribution is 5.82. The zero-order valence-electron chi connectivity index (χ0n) is 11.5. The molecule has 20 heavy (non-hydrogen) atoms. The highest BCUT2D eigenvalue weighted by atomic mass is 16.4. The van der Waals surface area contributed by atoms with Gasteiger partial charge >= 0.3 is 5.97 Å². The number of carboxylic acids is 1. The lowest BCUT2D eigenvalue weighted by molar-refractivity contribution is -0.148. The number of hydrogen-bond donors (Lipinski definition) is 1. The Balaban J connectivity index is 1.96. The lowest BCUT2D eigenvalue weighted by atomic mass is 9.98. The third-order valence-corrected chi connectivity index (χ3v) is 4.33. The Bertz CT molecular complexity index is 650. The summed E-state index contributed by atoms with van der Waals surface area (Å²) in [6.45, 7) is 3.28. The third-order valence-electron chi connectivity index (χ3n) is 4.33. The van der Waals surface area contributed by atoms with Gasteiger partial charge in [0, 0.05) is 18.1 Å². The van der Waals surface area contributed by atoms with Gasteiger partial charge < -0.3 is 5.11 Å². The van der Waals surface area contributed by atoms with Crippen LogP contribution in [-0.4, -0.2) is 33.0 Å². The van der Waals surface area contributed by atoms with Crippen LogP contribution in [0.25, 0.3) is 10.9 Å². The second-order valence-electron chi connectivity index (χ2n) is 5.60. The quantitative estimate of drug-likeness (QED) is 0.931. The second kappa shape index (κ2) is 4.87. The van der Waals surface area contributed by atoms with Crippen LogP contribution in [0, 0.1) is 0 Å². The molecule has 0 radical (unpaired) electrons. The number of aliphatic carboxylic acids is 1. The van der Waals surface area contributed by atoms with Crippen LogP contribution in [0.1, 0.15) is 25.3 Å². The number of nitrogens with zero attached hydrogens (tertiary/aromatic N) is 2. The summed E-state index contributed by atoms with van der Waals surface area (Å²) in [5, 5.41) is 10.6. The van der Waals surface area contributed by atoms with Gasteiger partial charge in [0.15, 0.2) is 0 Å². The van der Waals surface area contributed by atoms with Crippen LogP contribution in [0.15, 0.2) is 36.5 Å². The molecule has 2 aromatic rings. The van der Waals surface area contributed by atoms with E-state index in [0.717, 1.165) is 29.4 Å². The molecule has 2 heterocycles. The summed E-state index contributed by atoms with van der Waals surface area (Å²) >= 11 is 0. The number of carboxylic acid groups (broad SMARTS) is 1. The van der Waals surface area contributed by atoms with Crippen molar-refractivity contribution >= 4 is 16.9 Å². The van der Waals surface area contributed by atoms with Crippen LogP contribution in [0.4, 0.5) is 0 Å². The first kappa shape index (κ1) is 13.1. The average molecular weight is 270 g/mol. The maximum absolute atomic E-state index is 11.5. The number of pyridine rings is 1. The summed E-state index contributed by atoms with van der Waals surface area (Å²) in [5.41, 5.74) is 1.31. The summed E-state index contributed by atoms with van der Waals surface area (Å²) in [7, 11) is 0. The van der Waals surface area contributed by atoms with E-state index in [4.69, 9.17) is 0 Å². The van der Waals surface area contributed by atoms with Crippen LogP contribution in [-0.2, 0) is 11.3 Å². The fourth-order valence-corrected chi connectivity index (χ4v) is 3.02. The van der Waals surface area contributed by atoms with Gasteiger partial charge in [-0.15, -0.1) is 0 Å². The first-order chi connectivity index (χ1) is 9.61. The van der Waals surface area contributed by atoms with Gasteiger partial charge in [0.25, 0.3) is 0 Å². The van der Waals surface area contributed by atoms with Gasteiger partial charge in [0.1, 0.15) is 5.54 Å². The number of carbonyl (C=O) groups is 1. The molecule has 1 aliphatic rings. The average Bonchev–Trinajstić information content (AvgIpc) is 2.82. The molecule has 4 nitrogen and oxygen atoms in total. The molecule has 1 atom stereocenters. The van der Waals surface area contributed by atoms with E-state index >= 15 is 0 Å². The van der Waals surface area contributed by atoms with Gasteiger partial charge in [-0.1, -0.05) is 24.3 Å². The Hall–Kier alpha value is -1.94. The number of para-hydroxylation sites is 1. The van der Waals surface area contributed by atoms with E-state index in [9.17, 15) is 9.90 Å². The van der Waals surface area contributed by atoms with Crippen molar-refractivity contribution in [3.05, 3.63) is 42.1 Å². The predicted molar refractivity (Wildman–Crippen MR) is 77.4 cm³/mol. The smallest absolute Gasteiger partial charge is 0.323 e. The van der Waals surface area contributed by atoms with Crippen molar-refractivity contribution in [2.24, 2.45) is 0 Å². The number of likely N-dealkylation sites (tertiary alicyclic amines) is 1. The zero-order chi connectivity index (χ0) is 14.2. The molecule has 0 spiro atoms. The minimum absolute atomic E-state index is 0.636. The molecule has 1 aromatic carbocycles. The maximum atomic E-state index is 11.5. The minimum Gasteiger partial charge on any atom is -0.480 e. The SMILES string of the molecule is CC1(C(=O)O)CCCN1Cc1cccc2cccnc12. The van der Waals surface area contributed by atoms with Crippen LogP contribution in [0.2, 0.25) is 0 Å². The summed E-state index contributed by atoms with van der Waals surface area (Å²) in [6.07, 6.45) is 3.42. The maximum Gasteiger partial charge on any atom is 0.323 e. The largest absolute Gasteiger partial charge is 0.480 e. The number of fused-ring (bicyclic) bond motifs is 1. The Morgan fingerprint density at radius 3 is 3.00 bits per heavy atom. The van der Waals surface area contributed by atoms with Gasteiger partial charge in [0.05, 0.1) is 5.52 Å². The van der Waals surface area contributed by atoms with E-state index in [0.29, 0.717) is 13.0 Å². The van der Waals surface area contributed by atoms with E-state index in [1.54, 1.807) is 6.20 Å². The zero-order valence-corrected chi connectivity index (χ0v) is 11.5. The van der Waals surface area contributed by atoms with E-state index in [-0.39, 0.29) is 0 Å². The van der Waals surface area contributed by atoms with Crippen molar-refractivity contribution in [3.8, 4) is 0 Å². The number of aromatic nitrogens is 1. The standard InChI is InChI=1S/C16H18N2O2/c1-16(15(19)20)8-4-10-18(16)11-13-6-2-5-12-7-3-9-17-14(12)13/h2-3,5-7,9H,4,8,10-11H2,1H3,(H,19,20). The van der Waals surface area contributed by atoms with E-state index in [1.807, 2.05) is 37.3 Å². The molecular weight excluding hydrogens is 252 g/mol. The van der Waals surface area contributed by atoms with Crippen molar-refractivity contribution in [1.29, 1.82) is 0 Å². The normalized spacial score (nSPS) is 23.2. The summed E-state index contributed by atoms with van der Waals surface area (Å²) in [4.78, 5) is 18.0. The lowest BCUT2D eigenvalue weighted by Gasteiger charge is -2.31. The van der Waals surface area contributed by atoms with Gasteiger partial charge in [-0.2, -0.15) is 0 Å². The van der Waals surface area contributed by atoms with Gasteiger partial charge in [-0.25, -0.2) is 0 Å². The molecule has 0 bridgehead atoms. The van der Waals surface area contributed by atoms with Crippen LogP contribution < -0.4 is 0 Å². The highest BCUT2D eigenvalue weighted by Gasteiger charge is 2.43. The second-order valence-corrected chi connectivity index (χ2v) is 5.60. The van der Waals surface area contributed by atoms with E-state index in [2.05, 4.69) is 9.88 Å². The molecule has 1 unspecified atom stereocenters. The number of rotatable bonds is 3. The molecular formula is C16H18N2O2. The molecule has 1 aliphatic heterocycles. The van der Waals surface area contributed by atoms with Crippen molar-refractivity contribution < 1.29 is 9.90 Å². The molecule has 1 fully saturated rings. The fraction of sp³-hybridized carbons (Fsp3) is 0.375. The van der Waals surface area contributed by atoms with Gasteiger partial charge in [0.2, 0.25) is 0 Å². The fourth-order valence-electron chi connectivity index (χ4n) is 3.02. The Kier molecular flexibility index (Phi) is 3.18. The lowest BCUT2D eigenvalue weighted by Crippen LogP contribution is -2.47. The molecule has 1 saturated heterocycles. The Labute approximate surface area is 118 Å². The molecule has 4 heteroatoms. The first-order valence-electron chi connectivity index (χ1n) is 6.92. The summed E-state index contributed by atoms with van der Waals surface area (Å²) < 4.78 is 0. The Morgan fingerprint density at radius 2 is 2.20 bits per heavy atom.